The van der Waals surface area contributed by atoms with E-state index in [1.54, 1.807) is 0 Å². The summed E-state index contributed by atoms with van der Waals surface area (Å²) in [5.41, 5.74) is 6.32. The molecule has 0 amide bonds. The van der Waals surface area contributed by atoms with E-state index in [1.165, 1.54) is 18.7 Å². The monoisotopic (exact) mass is 269 g/mol. The quantitative estimate of drug-likeness (QED) is 0.625. The van der Waals surface area contributed by atoms with Crippen LogP contribution in [0.25, 0.3) is 0 Å². The number of hydrogen-bond donors (Lipinski definition) is 2. The average Bonchev–Trinajstić information content (AvgIpc) is 2.13. The Balaban J connectivity index is 2.70. The van der Waals surface area contributed by atoms with Gasteiger partial charge >= 0.3 is 5.97 Å². The molecule has 2 unspecified atom stereocenters. The molecule has 0 aliphatic rings. The second-order valence-electron chi connectivity index (χ2n) is 4.79. The summed E-state index contributed by atoms with van der Waals surface area (Å²) in [7, 11) is 0. The number of aryl methyl sites for hydroxylation is 2. The number of aromatic nitrogens is 2. The van der Waals surface area contributed by atoms with Crippen LogP contribution in [0.4, 0.5) is 0 Å². The molecule has 0 spiro atoms. The van der Waals surface area contributed by atoms with Crippen LogP contribution >= 0.6 is 11.8 Å². The molecule has 100 valence electrons. The molecule has 3 N–H and O–H groups in total. The van der Waals surface area contributed by atoms with Gasteiger partial charge in [-0.15, -0.1) is 0 Å². The van der Waals surface area contributed by atoms with Gasteiger partial charge in [-0.2, -0.15) is 0 Å². The SMILES string of the molecule is Cc1cc(C)nc(SC(C)CC(C)(N)C(=O)O)n1. The van der Waals surface area contributed by atoms with Gasteiger partial charge in [-0.3, -0.25) is 4.79 Å². The lowest BCUT2D eigenvalue weighted by molar-refractivity contribution is -0.142. The molecule has 0 radical (unpaired) electrons. The molecule has 18 heavy (non-hydrogen) atoms. The molecule has 0 aliphatic carbocycles. The summed E-state index contributed by atoms with van der Waals surface area (Å²) in [4.78, 5) is 19.6. The highest BCUT2D eigenvalue weighted by Gasteiger charge is 2.30. The number of rotatable bonds is 5. The van der Waals surface area contributed by atoms with E-state index in [2.05, 4.69) is 9.97 Å². The molecule has 1 rings (SSSR count). The van der Waals surface area contributed by atoms with E-state index in [9.17, 15) is 4.79 Å². The molecule has 0 aromatic carbocycles. The smallest absolute Gasteiger partial charge is 0.323 e. The van der Waals surface area contributed by atoms with Gasteiger partial charge in [0.05, 0.1) is 0 Å². The van der Waals surface area contributed by atoms with Crippen molar-refractivity contribution in [3.8, 4) is 0 Å². The van der Waals surface area contributed by atoms with E-state index in [-0.39, 0.29) is 5.25 Å². The van der Waals surface area contributed by atoms with Crippen molar-refractivity contribution in [1.29, 1.82) is 0 Å². The van der Waals surface area contributed by atoms with Gasteiger partial charge in [0.15, 0.2) is 5.16 Å². The zero-order chi connectivity index (χ0) is 13.9. The Labute approximate surface area is 111 Å². The van der Waals surface area contributed by atoms with Crippen molar-refractivity contribution in [2.75, 3.05) is 0 Å². The zero-order valence-electron chi connectivity index (χ0n) is 11.1. The predicted molar refractivity (Wildman–Crippen MR) is 71.7 cm³/mol. The Morgan fingerprint density at radius 1 is 1.50 bits per heavy atom. The van der Waals surface area contributed by atoms with Crippen molar-refractivity contribution in [2.45, 2.75) is 50.1 Å². The van der Waals surface area contributed by atoms with Crippen molar-refractivity contribution in [1.82, 2.24) is 9.97 Å². The van der Waals surface area contributed by atoms with Crippen LogP contribution in [0.3, 0.4) is 0 Å². The lowest BCUT2D eigenvalue weighted by Crippen LogP contribution is -2.46. The first-order chi connectivity index (χ1) is 8.20. The minimum absolute atomic E-state index is 0.0392. The predicted octanol–water partition coefficient (Wildman–Crippen LogP) is 1.77. The standard InChI is InChI=1S/C12H19N3O2S/c1-7-5-8(2)15-11(14-7)18-9(3)6-12(4,13)10(16)17/h5,9H,6,13H2,1-4H3,(H,16,17). The summed E-state index contributed by atoms with van der Waals surface area (Å²) in [6.45, 7) is 7.27. The molecule has 1 heterocycles. The third-order valence-corrected chi connectivity index (χ3v) is 3.43. The molecule has 1 aromatic rings. The number of carbonyl (C=O) groups is 1. The number of nitrogens with zero attached hydrogens (tertiary/aromatic N) is 2. The first kappa shape index (κ1) is 14.9. The third kappa shape index (κ3) is 4.27. The van der Waals surface area contributed by atoms with Crippen molar-refractivity contribution >= 4 is 17.7 Å². The maximum atomic E-state index is 11.0. The van der Waals surface area contributed by atoms with Gasteiger partial charge in [0.25, 0.3) is 0 Å². The van der Waals surface area contributed by atoms with Crippen LogP contribution in [-0.2, 0) is 4.79 Å². The van der Waals surface area contributed by atoms with Crippen molar-refractivity contribution in [2.24, 2.45) is 5.73 Å². The van der Waals surface area contributed by atoms with E-state index in [0.29, 0.717) is 11.6 Å². The number of carboxylic acid groups (broad SMARTS) is 1. The van der Waals surface area contributed by atoms with Gasteiger partial charge in [-0.25, -0.2) is 9.97 Å². The molecule has 0 aliphatic heterocycles. The number of hydrogen-bond acceptors (Lipinski definition) is 5. The number of carboxylic acids is 1. The average molecular weight is 269 g/mol. The summed E-state index contributed by atoms with van der Waals surface area (Å²) in [5.74, 6) is -0.990. The van der Waals surface area contributed by atoms with Crippen LogP contribution in [0, 0.1) is 13.8 Å². The summed E-state index contributed by atoms with van der Waals surface area (Å²) < 4.78 is 0. The van der Waals surface area contributed by atoms with Crippen molar-refractivity contribution in [3.05, 3.63) is 17.5 Å². The minimum Gasteiger partial charge on any atom is -0.480 e. The highest BCUT2D eigenvalue weighted by atomic mass is 32.2. The molecule has 2 atom stereocenters. The summed E-state index contributed by atoms with van der Waals surface area (Å²) in [5, 5.41) is 9.69. The Morgan fingerprint density at radius 3 is 2.44 bits per heavy atom. The zero-order valence-corrected chi connectivity index (χ0v) is 11.9. The fraction of sp³-hybridized carbons (Fsp3) is 0.583. The number of thioether (sulfide) groups is 1. The van der Waals surface area contributed by atoms with Gasteiger partial charge in [0.1, 0.15) is 5.54 Å². The van der Waals surface area contributed by atoms with E-state index in [4.69, 9.17) is 10.8 Å². The highest BCUT2D eigenvalue weighted by Crippen LogP contribution is 2.25. The van der Waals surface area contributed by atoms with Crippen molar-refractivity contribution in [3.63, 3.8) is 0 Å². The van der Waals surface area contributed by atoms with Crippen LogP contribution in [0.1, 0.15) is 31.7 Å². The maximum Gasteiger partial charge on any atom is 0.323 e. The van der Waals surface area contributed by atoms with Crippen molar-refractivity contribution < 1.29 is 9.90 Å². The lowest BCUT2D eigenvalue weighted by Gasteiger charge is -2.22. The molecule has 0 fully saturated rings. The molecule has 6 heteroatoms. The molecule has 0 saturated heterocycles. The van der Waals surface area contributed by atoms with Gasteiger partial charge < -0.3 is 10.8 Å². The normalized spacial score (nSPS) is 16.1. The topological polar surface area (TPSA) is 89.1 Å². The summed E-state index contributed by atoms with van der Waals surface area (Å²) in [6, 6.07) is 1.90. The highest BCUT2D eigenvalue weighted by molar-refractivity contribution is 7.99. The lowest BCUT2D eigenvalue weighted by atomic mass is 9.98. The Bertz CT molecular complexity index is 429. The first-order valence-electron chi connectivity index (χ1n) is 5.72. The maximum absolute atomic E-state index is 11.0. The Morgan fingerprint density at radius 2 is 2.00 bits per heavy atom. The van der Waals surface area contributed by atoms with Gasteiger partial charge in [0, 0.05) is 16.6 Å². The molecular formula is C12H19N3O2S. The summed E-state index contributed by atoms with van der Waals surface area (Å²) in [6.07, 6.45) is 0.364. The number of aliphatic carboxylic acids is 1. The van der Waals surface area contributed by atoms with Gasteiger partial charge in [0.2, 0.25) is 0 Å². The minimum atomic E-state index is -1.22. The second kappa shape index (κ2) is 5.67. The third-order valence-electron chi connectivity index (χ3n) is 2.47. The van der Waals surface area contributed by atoms with E-state index in [0.717, 1.165) is 11.4 Å². The number of nitrogens with two attached hydrogens (primary N) is 1. The van der Waals surface area contributed by atoms with Crippen LogP contribution in [0.5, 0.6) is 0 Å². The Hall–Kier alpha value is -1.14. The van der Waals surface area contributed by atoms with E-state index >= 15 is 0 Å². The molecule has 0 bridgehead atoms. The van der Waals surface area contributed by atoms with Crippen LogP contribution in [-0.4, -0.2) is 31.8 Å². The van der Waals surface area contributed by atoms with Crippen LogP contribution in [0.15, 0.2) is 11.2 Å². The van der Waals surface area contributed by atoms with Gasteiger partial charge in [-0.05, 0) is 33.3 Å². The van der Waals surface area contributed by atoms with E-state index < -0.39 is 11.5 Å². The molecule has 1 aromatic heterocycles. The summed E-state index contributed by atoms with van der Waals surface area (Å²) >= 11 is 1.45. The fourth-order valence-electron chi connectivity index (χ4n) is 1.65. The first-order valence-corrected chi connectivity index (χ1v) is 6.60. The van der Waals surface area contributed by atoms with Crippen LogP contribution < -0.4 is 5.73 Å². The van der Waals surface area contributed by atoms with E-state index in [1.807, 2.05) is 26.8 Å². The van der Waals surface area contributed by atoms with Gasteiger partial charge in [-0.1, -0.05) is 18.7 Å². The molecular weight excluding hydrogens is 250 g/mol. The molecule has 5 nitrogen and oxygen atoms in total. The second-order valence-corrected chi connectivity index (χ2v) is 6.19. The Kier molecular flexibility index (Phi) is 4.70. The molecule has 0 saturated carbocycles. The largest absolute Gasteiger partial charge is 0.480 e. The van der Waals surface area contributed by atoms with Crippen LogP contribution in [0.2, 0.25) is 0 Å². The fourth-order valence-corrected chi connectivity index (χ4v) is 2.84.